The lowest BCUT2D eigenvalue weighted by Crippen LogP contribution is -2.31. The molecular formula is C9H13F3O. The molecule has 1 fully saturated rings. The van der Waals surface area contributed by atoms with Gasteiger partial charge in [0.05, 0.1) is 0 Å². The third-order valence-electron chi connectivity index (χ3n) is 2.45. The van der Waals surface area contributed by atoms with Gasteiger partial charge in [0.25, 0.3) is 0 Å². The minimum absolute atomic E-state index is 0.0116. The van der Waals surface area contributed by atoms with E-state index in [1.165, 1.54) is 0 Å². The summed E-state index contributed by atoms with van der Waals surface area (Å²) < 4.78 is 36.9. The van der Waals surface area contributed by atoms with Crippen LogP contribution in [0.4, 0.5) is 13.2 Å². The molecule has 13 heavy (non-hydrogen) atoms. The first kappa shape index (κ1) is 10.5. The van der Waals surface area contributed by atoms with Gasteiger partial charge in [-0.25, -0.2) is 0 Å². The first-order valence-corrected chi connectivity index (χ1v) is 4.61. The van der Waals surface area contributed by atoms with Crippen LogP contribution in [0.5, 0.6) is 0 Å². The van der Waals surface area contributed by atoms with Crippen molar-refractivity contribution in [1.29, 1.82) is 0 Å². The van der Waals surface area contributed by atoms with Crippen LogP contribution in [0.3, 0.4) is 0 Å². The predicted octanol–water partition coefficient (Wildman–Crippen LogP) is 3.09. The Morgan fingerprint density at radius 1 is 1.08 bits per heavy atom. The first-order chi connectivity index (χ1) is 6.02. The molecule has 0 amide bonds. The van der Waals surface area contributed by atoms with E-state index in [1.807, 2.05) is 0 Å². The van der Waals surface area contributed by atoms with Gasteiger partial charge in [0.15, 0.2) is 0 Å². The molecule has 4 heteroatoms. The Morgan fingerprint density at radius 2 is 1.69 bits per heavy atom. The van der Waals surface area contributed by atoms with Gasteiger partial charge in [-0.2, -0.15) is 13.2 Å². The Labute approximate surface area is 75.3 Å². The number of halogens is 3. The van der Waals surface area contributed by atoms with Crippen molar-refractivity contribution >= 4 is 5.78 Å². The molecule has 1 unspecified atom stereocenters. The average molecular weight is 194 g/mol. The fourth-order valence-corrected chi connectivity index (χ4v) is 1.68. The topological polar surface area (TPSA) is 17.1 Å². The maximum atomic E-state index is 12.3. The zero-order chi connectivity index (χ0) is 9.90. The molecule has 1 aliphatic rings. The van der Waals surface area contributed by atoms with Crippen molar-refractivity contribution < 1.29 is 18.0 Å². The highest BCUT2D eigenvalue weighted by Crippen LogP contribution is 2.33. The largest absolute Gasteiger partial charge is 0.398 e. The Kier molecular flexibility index (Phi) is 3.33. The van der Waals surface area contributed by atoms with Crippen LogP contribution < -0.4 is 0 Å². The summed E-state index contributed by atoms with van der Waals surface area (Å²) in [7, 11) is 0. The van der Waals surface area contributed by atoms with Crippen molar-refractivity contribution in [3.63, 3.8) is 0 Å². The fraction of sp³-hybridized carbons (Fsp3) is 0.889. The standard InChI is InChI=1S/C9H13F3O/c10-9(11,12)7-5-3-1-2-4-6-8(7)13/h7H,1-6H2. The molecular weight excluding hydrogens is 181 g/mol. The van der Waals surface area contributed by atoms with Gasteiger partial charge in [0.2, 0.25) is 0 Å². The maximum Gasteiger partial charge on any atom is 0.398 e. The molecule has 0 N–H and O–H groups in total. The number of hydrogen-bond acceptors (Lipinski definition) is 1. The molecule has 1 atom stereocenters. The van der Waals surface area contributed by atoms with Crippen LogP contribution >= 0.6 is 0 Å². The van der Waals surface area contributed by atoms with Crippen LogP contribution in [0.2, 0.25) is 0 Å². The molecule has 1 nitrogen and oxygen atoms in total. The van der Waals surface area contributed by atoms with Crippen molar-refractivity contribution in [1.82, 2.24) is 0 Å². The zero-order valence-electron chi connectivity index (χ0n) is 7.36. The summed E-state index contributed by atoms with van der Waals surface area (Å²) in [5.74, 6) is -2.31. The van der Waals surface area contributed by atoms with E-state index < -0.39 is 17.9 Å². The van der Waals surface area contributed by atoms with E-state index in [0.717, 1.165) is 12.8 Å². The quantitative estimate of drug-likeness (QED) is 0.579. The summed E-state index contributed by atoms with van der Waals surface area (Å²) >= 11 is 0. The molecule has 0 saturated heterocycles. The molecule has 0 heterocycles. The third-order valence-corrected chi connectivity index (χ3v) is 2.45. The second-order valence-electron chi connectivity index (χ2n) is 3.51. The van der Waals surface area contributed by atoms with Crippen LogP contribution in [0.25, 0.3) is 0 Å². The third kappa shape index (κ3) is 3.01. The minimum Gasteiger partial charge on any atom is -0.299 e. The molecule has 0 aliphatic heterocycles. The van der Waals surface area contributed by atoms with Crippen LogP contribution in [0.1, 0.15) is 38.5 Å². The highest BCUT2D eigenvalue weighted by molar-refractivity contribution is 5.81. The number of ketones is 1. The first-order valence-electron chi connectivity index (χ1n) is 4.61. The Hall–Kier alpha value is -0.540. The molecule has 1 aliphatic carbocycles. The molecule has 0 radical (unpaired) electrons. The molecule has 76 valence electrons. The zero-order valence-corrected chi connectivity index (χ0v) is 7.36. The van der Waals surface area contributed by atoms with Gasteiger partial charge < -0.3 is 0 Å². The maximum absolute atomic E-state index is 12.3. The molecule has 0 bridgehead atoms. The number of hydrogen-bond donors (Lipinski definition) is 0. The van der Waals surface area contributed by atoms with E-state index in [1.54, 1.807) is 0 Å². The number of carbonyl (C=O) groups is 1. The second kappa shape index (κ2) is 4.11. The second-order valence-corrected chi connectivity index (χ2v) is 3.51. The highest BCUT2D eigenvalue weighted by Gasteiger charge is 2.43. The van der Waals surface area contributed by atoms with Crippen molar-refractivity contribution in [2.45, 2.75) is 44.7 Å². The van der Waals surface area contributed by atoms with E-state index in [4.69, 9.17) is 0 Å². The Balaban J connectivity index is 2.62. The summed E-state index contributed by atoms with van der Waals surface area (Å²) in [6.45, 7) is 0. The summed E-state index contributed by atoms with van der Waals surface area (Å²) in [6, 6.07) is 0. The lowest BCUT2D eigenvalue weighted by atomic mass is 9.90. The van der Waals surface area contributed by atoms with Gasteiger partial charge in [-0.1, -0.05) is 19.3 Å². The SMILES string of the molecule is O=C1CCCCCCC1C(F)(F)F. The Morgan fingerprint density at radius 3 is 2.31 bits per heavy atom. The van der Waals surface area contributed by atoms with Crippen molar-refractivity contribution in [2.24, 2.45) is 5.92 Å². The van der Waals surface area contributed by atoms with Gasteiger partial charge >= 0.3 is 6.18 Å². The van der Waals surface area contributed by atoms with Crippen LogP contribution in [0, 0.1) is 5.92 Å². The van der Waals surface area contributed by atoms with Gasteiger partial charge in [-0.05, 0) is 12.8 Å². The molecule has 0 aromatic heterocycles. The van der Waals surface area contributed by atoms with E-state index >= 15 is 0 Å². The normalized spacial score (nSPS) is 26.7. The van der Waals surface area contributed by atoms with Gasteiger partial charge in [-0.15, -0.1) is 0 Å². The van der Waals surface area contributed by atoms with E-state index in [9.17, 15) is 18.0 Å². The highest BCUT2D eigenvalue weighted by atomic mass is 19.4. The molecule has 0 aromatic rings. The fourth-order valence-electron chi connectivity index (χ4n) is 1.68. The van der Waals surface area contributed by atoms with E-state index in [2.05, 4.69) is 0 Å². The van der Waals surface area contributed by atoms with Gasteiger partial charge in [-0.3, -0.25) is 4.79 Å². The number of carbonyl (C=O) groups excluding carboxylic acids is 1. The monoisotopic (exact) mass is 194 g/mol. The molecule has 0 aromatic carbocycles. The lowest BCUT2D eigenvalue weighted by molar-refractivity contribution is -0.183. The number of rotatable bonds is 0. The van der Waals surface area contributed by atoms with Crippen LogP contribution in [-0.4, -0.2) is 12.0 Å². The van der Waals surface area contributed by atoms with E-state index in [-0.39, 0.29) is 12.8 Å². The average Bonchev–Trinajstić information content (AvgIpc) is 1.94. The van der Waals surface area contributed by atoms with Crippen molar-refractivity contribution in [2.75, 3.05) is 0 Å². The van der Waals surface area contributed by atoms with Crippen molar-refractivity contribution in [3.05, 3.63) is 0 Å². The molecule has 1 rings (SSSR count). The number of alkyl halides is 3. The minimum atomic E-state index is -4.32. The van der Waals surface area contributed by atoms with Crippen LogP contribution in [0.15, 0.2) is 0 Å². The van der Waals surface area contributed by atoms with E-state index in [0.29, 0.717) is 12.8 Å². The van der Waals surface area contributed by atoms with Crippen molar-refractivity contribution in [3.8, 4) is 0 Å². The molecule has 1 saturated carbocycles. The Bertz CT molecular complexity index is 186. The van der Waals surface area contributed by atoms with Gasteiger partial charge in [0.1, 0.15) is 11.7 Å². The summed E-state index contributed by atoms with van der Waals surface area (Å²) in [5.41, 5.74) is 0. The summed E-state index contributed by atoms with van der Waals surface area (Å²) in [5, 5.41) is 0. The molecule has 0 spiro atoms. The summed E-state index contributed by atoms with van der Waals surface area (Å²) in [4.78, 5) is 11.1. The number of Topliss-reactive ketones (excluding diaryl/α,β-unsaturated/α-hetero) is 1. The van der Waals surface area contributed by atoms with Gasteiger partial charge in [0, 0.05) is 6.42 Å². The lowest BCUT2D eigenvalue weighted by Gasteiger charge is -2.20. The predicted molar refractivity (Wildman–Crippen MR) is 42.3 cm³/mol. The smallest absolute Gasteiger partial charge is 0.299 e. The summed E-state index contributed by atoms with van der Waals surface area (Å²) in [6.07, 6.45) is -1.39. The van der Waals surface area contributed by atoms with Crippen LogP contribution in [-0.2, 0) is 4.79 Å².